The molecule has 1 aliphatic carbocycles. The van der Waals surface area contributed by atoms with Gasteiger partial charge < -0.3 is 10.4 Å². The summed E-state index contributed by atoms with van der Waals surface area (Å²) in [6.07, 6.45) is 4.79. The summed E-state index contributed by atoms with van der Waals surface area (Å²) in [4.78, 5) is 0. The molecule has 0 saturated heterocycles. The number of aliphatic hydroxyl groups is 1. The van der Waals surface area contributed by atoms with E-state index in [0.717, 1.165) is 6.42 Å². The van der Waals surface area contributed by atoms with Crippen molar-refractivity contribution in [1.29, 1.82) is 0 Å². The van der Waals surface area contributed by atoms with Gasteiger partial charge >= 0.3 is 0 Å². The molecule has 0 aliphatic heterocycles. The molecular formula is C14H29NO. The van der Waals surface area contributed by atoms with E-state index in [2.05, 4.69) is 39.9 Å². The van der Waals surface area contributed by atoms with E-state index < -0.39 is 0 Å². The lowest BCUT2D eigenvalue weighted by molar-refractivity contribution is 0.158. The molecule has 0 heterocycles. The van der Waals surface area contributed by atoms with Crippen molar-refractivity contribution in [2.75, 3.05) is 6.61 Å². The van der Waals surface area contributed by atoms with Gasteiger partial charge in [-0.2, -0.15) is 0 Å². The van der Waals surface area contributed by atoms with Crippen LogP contribution in [0.2, 0.25) is 0 Å². The Morgan fingerprint density at radius 1 is 1.38 bits per heavy atom. The number of aliphatic hydroxyl groups excluding tert-OH is 1. The van der Waals surface area contributed by atoms with Crippen molar-refractivity contribution in [2.45, 2.75) is 72.4 Å². The van der Waals surface area contributed by atoms with E-state index in [1.165, 1.54) is 19.3 Å². The Morgan fingerprint density at radius 2 is 2.00 bits per heavy atom. The third-order valence-electron chi connectivity index (χ3n) is 4.12. The molecule has 0 aromatic rings. The first-order chi connectivity index (χ1) is 7.27. The van der Waals surface area contributed by atoms with Gasteiger partial charge in [0, 0.05) is 18.7 Å². The summed E-state index contributed by atoms with van der Waals surface area (Å²) < 4.78 is 0. The van der Waals surface area contributed by atoms with E-state index in [-0.39, 0.29) is 12.0 Å². The monoisotopic (exact) mass is 227 g/mol. The van der Waals surface area contributed by atoms with Gasteiger partial charge in [0.05, 0.1) is 0 Å². The summed E-state index contributed by atoms with van der Waals surface area (Å²) >= 11 is 0. The number of hydrogen-bond donors (Lipinski definition) is 2. The largest absolute Gasteiger partial charge is 0.396 e. The van der Waals surface area contributed by atoms with Crippen LogP contribution in [-0.4, -0.2) is 23.8 Å². The summed E-state index contributed by atoms with van der Waals surface area (Å²) in [5.74, 6) is 0. The van der Waals surface area contributed by atoms with Gasteiger partial charge in [-0.15, -0.1) is 0 Å². The molecule has 1 aliphatic rings. The van der Waals surface area contributed by atoms with Crippen LogP contribution in [0.5, 0.6) is 0 Å². The standard InChI is InChI=1S/C14H29NO/c1-13(2,3)11(8-10-16)15-12-7-6-9-14(12,4)5/h11-12,15-16H,6-10H2,1-5H3. The summed E-state index contributed by atoms with van der Waals surface area (Å²) in [5, 5.41) is 13.0. The quantitative estimate of drug-likeness (QED) is 0.774. The molecule has 0 amide bonds. The van der Waals surface area contributed by atoms with Gasteiger partial charge in [0.15, 0.2) is 0 Å². The van der Waals surface area contributed by atoms with Crippen molar-refractivity contribution < 1.29 is 5.11 Å². The number of nitrogens with one attached hydrogen (secondary N) is 1. The molecule has 1 saturated carbocycles. The fourth-order valence-corrected chi connectivity index (χ4v) is 2.77. The average Bonchev–Trinajstić information content (AvgIpc) is 2.43. The van der Waals surface area contributed by atoms with E-state index in [1.54, 1.807) is 0 Å². The van der Waals surface area contributed by atoms with Crippen LogP contribution in [0.25, 0.3) is 0 Å². The van der Waals surface area contributed by atoms with Crippen LogP contribution < -0.4 is 5.32 Å². The van der Waals surface area contributed by atoms with Crippen LogP contribution in [0.4, 0.5) is 0 Å². The topological polar surface area (TPSA) is 32.3 Å². The lowest BCUT2D eigenvalue weighted by Gasteiger charge is -2.38. The van der Waals surface area contributed by atoms with Gasteiger partial charge in [0.2, 0.25) is 0 Å². The molecule has 0 spiro atoms. The maximum atomic E-state index is 9.16. The number of rotatable bonds is 4. The minimum Gasteiger partial charge on any atom is -0.396 e. The molecular weight excluding hydrogens is 198 g/mol. The third kappa shape index (κ3) is 3.46. The maximum Gasteiger partial charge on any atom is 0.0446 e. The summed E-state index contributed by atoms with van der Waals surface area (Å²) in [5.41, 5.74) is 0.639. The Kier molecular flexibility index (Phi) is 4.42. The minimum absolute atomic E-state index is 0.224. The second kappa shape index (κ2) is 5.05. The highest BCUT2D eigenvalue weighted by atomic mass is 16.3. The van der Waals surface area contributed by atoms with Crippen LogP contribution in [0.3, 0.4) is 0 Å². The zero-order valence-corrected chi connectivity index (χ0v) is 11.6. The van der Waals surface area contributed by atoms with Crippen LogP contribution in [0.15, 0.2) is 0 Å². The van der Waals surface area contributed by atoms with Gasteiger partial charge in [0.1, 0.15) is 0 Å². The lowest BCUT2D eigenvalue weighted by Crippen LogP contribution is -2.49. The summed E-state index contributed by atoms with van der Waals surface area (Å²) in [6, 6.07) is 1.03. The van der Waals surface area contributed by atoms with Crippen molar-refractivity contribution in [1.82, 2.24) is 5.32 Å². The van der Waals surface area contributed by atoms with Crippen molar-refractivity contribution in [2.24, 2.45) is 10.8 Å². The Balaban J connectivity index is 2.61. The predicted molar refractivity (Wildman–Crippen MR) is 69.5 cm³/mol. The van der Waals surface area contributed by atoms with Gasteiger partial charge in [0.25, 0.3) is 0 Å². The van der Waals surface area contributed by atoms with Crippen molar-refractivity contribution in [3.63, 3.8) is 0 Å². The number of hydrogen-bond acceptors (Lipinski definition) is 2. The second-order valence-corrected chi connectivity index (χ2v) is 7.03. The Hall–Kier alpha value is -0.0800. The molecule has 2 atom stereocenters. The lowest BCUT2D eigenvalue weighted by atomic mass is 9.81. The van der Waals surface area contributed by atoms with Gasteiger partial charge in [-0.1, -0.05) is 41.0 Å². The summed E-state index contributed by atoms with van der Waals surface area (Å²) in [6.45, 7) is 11.8. The first-order valence-corrected chi connectivity index (χ1v) is 6.64. The molecule has 1 fully saturated rings. The zero-order chi connectivity index (χ0) is 12.4. The maximum absolute atomic E-state index is 9.16. The molecule has 2 nitrogen and oxygen atoms in total. The molecule has 1 rings (SSSR count). The van der Waals surface area contributed by atoms with E-state index in [0.29, 0.717) is 17.5 Å². The Labute approximate surface area is 101 Å². The molecule has 0 aromatic carbocycles. The fourth-order valence-electron chi connectivity index (χ4n) is 2.77. The van der Waals surface area contributed by atoms with E-state index in [4.69, 9.17) is 5.11 Å². The van der Waals surface area contributed by atoms with E-state index in [9.17, 15) is 0 Å². The second-order valence-electron chi connectivity index (χ2n) is 7.03. The highest BCUT2D eigenvalue weighted by Crippen LogP contribution is 2.38. The Morgan fingerprint density at radius 3 is 2.38 bits per heavy atom. The average molecular weight is 227 g/mol. The van der Waals surface area contributed by atoms with Crippen LogP contribution in [0.1, 0.15) is 60.3 Å². The SMILES string of the molecule is CC(C)(C)C(CCO)NC1CCCC1(C)C. The van der Waals surface area contributed by atoms with E-state index in [1.807, 2.05) is 0 Å². The minimum atomic E-state index is 0.224. The third-order valence-corrected chi connectivity index (χ3v) is 4.12. The normalized spacial score (nSPS) is 27.0. The van der Waals surface area contributed by atoms with Gasteiger partial charge in [-0.05, 0) is 30.1 Å². The van der Waals surface area contributed by atoms with Crippen molar-refractivity contribution in [3.8, 4) is 0 Å². The molecule has 0 radical (unpaired) electrons. The molecule has 96 valence electrons. The molecule has 16 heavy (non-hydrogen) atoms. The fraction of sp³-hybridized carbons (Fsp3) is 1.00. The molecule has 0 aromatic heterocycles. The smallest absolute Gasteiger partial charge is 0.0446 e. The van der Waals surface area contributed by atoms with Crippen LogP contribution in [-0.2, 0) is 0 Å². The first-order valence-electron chi connectivity index (χ1n) is 6.64. The van der Waals surface area contributed by atoms with Crippen molar-refractivity contribution in [3.05, 3.63) is 0 Å². The van der Waals surface area contributed by atoms with Crippen molar-refractivity contribution >= 4 is 0 Å². The Bertz CT molecular complexity index is 217. The van der Waals surface area contributed by atoms with Gasteiger partial charge in [-0.3, -0.25) is 0 Å². The van der Waals surface area contributed by atoms with Gasteiger partial charge in [-0.25, -0.2) is 0 Å². The molecule has 0 bridgehead atoms. The molecule has 2 heteroatoms. The summed E-state index contributed by atoms with van der Waals surface area (Å²) in [7, 11) is 0. The molecule has 2 N–H and O–H groups in total. The first kappa shape index (κ1) is 14.0. The zero-order valence-electron chi connectivity index (χ0n) is 11.6. The van der Waals surface area contributed by atoms with E-state index >= 15 is 0 Å². The van der Waals surface area contributed by atoms with Crippen LogP contribution >= 0.6 is 0 Å². The molecule has 2 unspecified atom stereocenters. The highest BCUT2D eigenvalue weighted by molar-refractivity contribution is 4.94. The highest BCUT2D eigenvalue weighted by Gasteiger charge is 2.37. The van der Waals surface area contributed by atoms with Crippen LogP contribution in [0, 0.1) is 10.8 Å². The predicted octanol–water partition coefficient (Wildman–Crippen LogP) is 2.95.